The van der Waals surface area contributed by atoms with Gasteiger partial charge in [-0.25, -0.2) is 0 Å². The first kappa shape index (κ1) is 15.3. The number of H-pyrrole nitrogens is 1. The number of carbonyl (C=O) groups is 1. The average molecular weight is 330 g/mol. The highest BCUT2D eigenvalue weighted by molar-refractivity contribution is 5.97. The molecule has 0 fully saturated rings. The van der Waals surface area contributed by atoms with Gasteiger partial charge >= 0.3 is 0 Å². The standard InChI is InChI=1S/C21H18N2O2/c1-25-18-8-9-20-19(12-18)16(13-22-20)11-21(24)23-17-7-6-14-4-2-3-5-15(14)10-17/h2-10,12-13,22H,11H2,1H3,(H,23,24). The van der Waals surface area contributed by atoms with E-state index in [2.05, 4.69) is 16.4 Å². The summed E-state index contributed by atoms with van der Waals surface area (Å²) in [7, 11) is 1.64. The van der Waals surface area contributed by atoms with E-state index in [0.29, 0.717) is 6.42 Å². The minimum Gasteiger partial charge on any atom is -0.497 e. The van der Waals surface area contributed by atoms with Crippen LogP contribution in [0, 0.1) is 0 Å². The van der Waals surface area contributed by atoms with Crippen LogP contribution in [-0.2, 0) is 11.2 Å². The van der Waals surface area contributed by atoms with E-state index in [1.807, 2.05) is 60.8 Å². The van der Waals surface area contributed by atoms with E-state index in [9.17, 15) is 4.79 Å². The molecule has 0 aliphatic heterocycles. The molecule has 0 spiro atoms. The summed E-state index contributed by atoms with van der Waals surface area (Å²) in [4.78, 5) is 15.7. The highest BCUT2D eigenvalue weighted by Gasteiger charge is 2.10. The Bertz CT molecular complexity index is 1070. The van der Waals surface area contributed by atoms with Crippen LogP contribution in [0.3, 0.4) is 0 Å². The van der Waals surface area contributed by atoms with E-state index in [0.717, 1.165) is 38.7 Å². The highest BCUT2D eigenvalue weighted by atomic mass is 16.5. The molecule has 0 atom stereocenters. The topological polar surface area (TPSA) is 54.1 Å². The van der Waals surface area contributed by atoms with Gasteiger partial charge in [-0.15, -0.1) is 0 Å². The van der Waals surface area contributed by atoms with E-state index >= 15 is 0 Å². The van der Waals surface area contributed by atoms with Crippen molar-refractivity contribution in [3.05, 3.63) is 72.4 Å². The van der Waals surface area contributed by atoms with Gasteiger partial charge in [-0.3, -0.25) is 4.79 Å². The van der Waals surface area contributed by atoms with Gasteiger partial charge in [0, 0.05) is 22.8 Å². The average Bonchev–Trinajstić information content (AvgIpc) is 3.03. The van der Waals surface area contributed by atoms with Crippen molar-refractivity contribution < 1.29 is 9.53 Å². The predicted octanol–water partition coefficient (Wildman–Crippen LogP) is 4.51. The molecule has 0 saturated heterocycles. The molecule has 1 amide bonds. The molecule has 0 aliphatic carbocycles. The summed E-state index contributed by atoms with van der Waals surface area (Å²) in [6.07, 6.45) is 2.18. The van der Waals surface area contributed by atoms with Gasteiger partial charge in [-0.05, 0) is 46.7 Å². The number of hydrogen-bond donors (Lipinski definition) is 2. The third-order valence-corrected chi connectivity index (χ3v) is 4.36. The maximum absolute atomic E-state index is 12.5. The van der Waals surface area contributed by atoms with Gasteiger partial charge in [0.15, 0.2) is 0 Å². The first-order chi connectivity index (χ1) is 12.2. The van der Waals surface area contributed by atoms with Crippen molar-refractivity contribution in [2.45, 2.75) is 6.42 Å². The molecule has 0 unspecified atom stereocenters. The molecule has 0 radical (unpaired) electrons. The molecule has 124 valence electrons. The van der Waals surface area contributed by atoms with Crippen molar-refractivity contribution in [1.29, 1.82) is 0 Å². The number of hydrogen-bond acceptors (Lipinski definition) is 2. The maximum Gasteiger partial charge on any atom is 0.228 e. The van der Waals surface area contributed by atoms with Crippen LogP contribution in [-0.4, -0.2) is 18.0 Å². The van der Waals surface area contributed by atoms with Crippen molar-refractivity contribution in [2.24, 2.45) is 0 Å². The third-order valence-electron chi connectivity index (χ3n) is 4.36. The van der Waals surface area contributed by atoms with Crippen molar-refractivity contribution >= 4 is 33.3 Å². The lowest BCUT2D eigenvalue weighted by Gasteiger charge is -2.07. The van der Waals surface area contributed by atoms with Gasteiger partial charge in [-0.2, -0.15) is 0 Å². The van der Waals surface area contributed by atoms with E-state index < -0.39 is 0 Å². The molecule has 0 bridgehead atoms. The monoisotopic (exact) mass is 330 g/mol. The Morgan fingerprint density at radius 3 is 2.72 bits per heavy atom. The molecule has 4 nitrogen and oxygen atoms in total. The lowest BCUT2D eigenvalue weighted by atomic mass is 10.1. The Hall–Kier alpha value is -3.27. The number of methoxy groups -OCH3 is 1. The third kappa shape index (κ3) is 3.06. The smallest absolute Gasteiger partial charge is 0.228 e. The molecule has 0 aliphatic rings. The van der Waals surface area contributed by atoms with Crippen LogP contribution in [0.5, 0.6) is 5.75 Å². The number of rotatable bonds is 4. The number of fused-ring (bicyclic) bond motifs is 2. The first-order valence-electron chi connectivity index (χ1n) is 8.15. The molecular formula is C21H18N2O2. The summed E-state index contributed by atoms with van der Waals surface area (Å²) in [6.45, 7) is 0. The number of ether oxygens (including phenoxy) is 1. The highest BCUT2D eigenvalue weighted by Crippen LogP contribution is 2.24. The minimum absolute atomic E-state index is 0.0426. The van der Waals surface area contributed by atoms with Gasteiger partial charge in [0.1, 0.15) is 5.75 Å². The van der Waals surface area contributed by atoms with Crippen LogP contribution < -0.4 is 10.1 Å². The molecule has 1 heterocycles. The van der Waals surface area contributed by atoms with E-state index in [1.165, 1.54) is 0 Å². The molecule has 4 rings (SSSR count). The van der Waals surface area contributed by atoms with Crippen LogP contribution in [0.2, 0.25) is 0 Å². The molecule has 2 N–H and O–H groups in total. The lowest BCUT2D eigenvalue weighted by Crippen LogP contribution is -2.14. The van der Waals surface area contributed by atoms with Gasteiger partial charge in [0.2, 0.25) is 5.91 Å². The summed E-state index contributed by atoms with van der Waals surface area (Å²) >= 11 is 0. The number of aromatic nitrogens is 1. The molecule has 4 aromatic rings. The zero-order valence-corrected chi connectivity index (χ0v) is 13.9. The Balaban J connectivity index is 1.55. The fraction of sp³-hybridized carbons (Fsp3) is 0.0952. The van der Waals surface area contributed by atoms with Gasteiger partial charge in [0.25, 0.3) is 0 Å². The summed E-state index contributed by atoms with van der Waals surface area (Å²) in [5.41, 5.74) is 2.75. The minimum atomic E-state index is -0.0426. The first-order valence-corrected chi connectivity index (χ1v) is 8.15. The Kier molecular flexibility index (Phi) is 3.86. The van der Waals surface area contributed by atoms with E-state index in [-0.39, 0.29) is 5.91 Å². The van der Waals surface area contributed by atoms with Gasteiger partial charge < -0.3 is 15.0 Å². The van der Waals surface area contributed by atoms with Crippen LogP contribution in [0.25, 0.3) is 21.7 Å². The zero-order valence-electron chi connectivity index (χ0n) is 13.9. The fourth-order valence-electron chi connectivity index (χ4n) is 3.08. The van der Waals surface area contributed by atoms with Crippen molar-refractivity contribution in [1.82, 2.24) is 4.98 Å². The Morgan fingerprint density at radius 1 is 1.04 bits per heavy atom. The molecule has 25 heavy (non-hydrogen) atoms. The van der Waals surface area contributed by atoms with Gasteiger partial charge in [-0.1, -0.05) is 30.3 Å². The fourth-order valence-corrected chi connectivity index (χ4v) is 3.08. The van der Waals surface area contributed by atoms with Crippen LogP contribution >= 0.6 is 0 Å². The summed E-state index contributed by atoms with van der Waals surface area (Å²) in [6, 6.07) is 19.8. The van der Waals surface area contributed by atoms with Crippen molar-refractivity contribution in [2.75, 3.05) is 12.4 Å². The SMILES string of the molecule is COc1ccc2[nH]cc(CC(=O)Nc3ccc4ccccc4c3)c2c1. The van der Waals surface area contributed by atoms with Crippen molar-refractivity contribution in [3.63, 3.8) is 0 Å². The molecule has 1 aromatic heterocycles. The maximum atomic E-state index is 12.5. The largest absolute Gasteiger partial charge is 0.497 e. The molecule has 0 saturated carbocycles. The summed E-state index contributed by atoms with van der Waals surface area (Å²) in [5, 5.41) is 6.25. The number of anilines is 1. The molecule has 4 heteroatoms. The summed E-state index contributed by atoms with van der Waals surface area (Å²) in [5.74, 6) is 0.738. The van der Waals surface area contributed by atoms with Crippen LogP contribution in [0.4, 0.5) is 5.69 Å². The van der Waals surface area contributed by atoms with Crippen LogP contribution in [0.15, 0.2) is 66.9 Å². The molecule has 3 aromatic carbocycles. The summed E-state index contributed by atoms with van der Waals surface area (Å²) < 4.78 is 5.27. The number of nitrogens with one attached hydrogen (secondary N) is 2. The Morgan fingerprint density at radius 2 is 1.88 bits per heavy atom. The van der Waals surface area contributed by atoms with E-state index in [4.69, 9.17) is 4.74 Å². The number of benzene rings is 3. The second-order valence-electron chi connectivity index (χ2n) is 6.01. The van der Waals surface area contributed by atoms with E-state index in [1.54, 1.807) is 7.11 Å². The predicted molar refractivity (Wildman–Crippen MR) is 101 cm³/mol. The van der Waals surface area contributed by atoms with Crippen molar-refractivity contribution in [3.8, 4) is 5.75 Å². The second kappa shape index (κ2) is 6.32. The molecular weight excluding hydrogens is 312 g/mol. The Labute approximate surface area is 145 Å². The number of carbonyl (C=O) groups excluding carboxylic acids is 1. The van der Waals surface area contributed by atoms with Crippen LogP contribution in [0.1, 0.15) is 5.56 Å². The van der Waals surface area contributed by atoms with Gasteiger partial charge in [0.05, 0.1) is 13.5 Å². The quantitative estimate of drug-likeness (QED) is 0.578. The number of aromatic amines is 1. The second-order valence-corrected chi connectivity index (χ2v) is 6.01. The number of amides is 1. The lowest BCUT2D eigenvalue weighted by molar-refractivity contribution is -0.115. The normalized spacial score (nSPS) is 10.9. The zero-order chi connectivity index (χ0) is 17.2.